The maximum atomic E-state index is 15.5. The van der Waals surface area contributed by atoms with Crippen molar-refractivity contribution in [2.24, 2.45) is 5.41 Å². The number of carbonyl (C=O) groups excluding carboxylic acids is 2. The molecule has 2 aliphatic heterocycles. The first-order chi connectivity index (χ1) is 17.5. The van der Waals surface area contributed by atoms with E-state index in [1.54, 1.807) is 13.8 Å². The van der Waals surface area contributed by atoms with Crippen LogP contribution in [0.2, 0.25) is 10.0 Å². The van der Waals surface area contributed by atoms with E-state index in [1.165, 1.54) is 29.2 Å². The molecule has 0 saturated carbocycles. The molecule has 1 amide bonds. The van der Waals surface area contributed by atoms with Crippen molar-refractivity contribution >= 4 is 52.6 Å². The van der Waals surface area contributed by atoms with Crippen molar-refractivity contribution in [1.29, 1.82) is 0 Å². The van der Waals surface area contributed by atoms with Gasteiger partial charge in [-0.2, -0.15) is 13.2 Å². The lowest BCUT2D eigenvalue weighted by molar-refractivity contribution is -0.269. The highest BCUT2D eigenvalue weighted by Crippen LogP contribution is 2.49. The summed E-state index contributed by atoms with van der Waals surface area (Å²) in [5, 5.41) is -1.66. The van der Waals surface area contributed by atoms with Gasteiger partial charge < -0.3 is 4.90 Å². The van der Waals surface area contributed by atoms with Gasteiger partial charge in [0.25, 0.3) is 0 Å². The molecule has 2 aliphatic rings. The lowest BCUT2D eigenvalue weighted by atomic mass is 9.82. The van der Waals surface area contributed by atoms with Crippen LogP contribution in [0.1, 0.15) is 37.0 Å². The Labute approximate surface area is 230 Å². The summed E-state index contributed by atoms with van der Waals surface area (Å²) in [6, 6.07) is 7.19. The molecule has 204 valence electrons. The van der Waals surface area contributed by atoms with Gasteiger partial charge in [0.05, 0.1) is 34.2 Å². The Bertz CT molecular complexity index is 1300. The van der Waals surface area contributed by atoms with Crippen molar-refractivity contribution in [2.45, 2.75) is 37.7 Å². The second-order valence-electron chi connectivity index (χ2n) is 9.91. The van der Waals surface area contributed by atoms with Gasteiger partial charge in [-0.15, -0.1) is 12.6 Å². The SMILES string of the molecule is CC(C)(CC(=O)S)C(=O)N1CC(F)(c2ccc(C3=CC(c4cc(Cl)c(F)c(Cl)c4)(C(F)(F)F)ON3)cc2)C1. The Morgan fingerprint density at radius 3 is 2.13 bits per heavy atom. The van der Waals surface area contributed by atoms with Crippen molar-refractivity contribution < 1.29 is 36.4 Å². The van der Waals surface area contributed by atoms with Crippen LogP contribution in [0.4, 0.5) is 22.0 Å². The average molecular weight is 595 g/mol. The predicted molar refractivity (Wildman–Crippen MR) is 135 cm³/mol. The van der Waals surface area contributed by atoms with Crippen molar-refractivity contribution in [3.05, 3.63) is 75.0 Å². The molecule has 0 spiro atoms. The van der Waals surface area contributed by atoms with Crippen LogP contribution in [0.25, 0.3) is 5.70 Å². The molecule has 2 heterocycles. The molecule has 5 nitrogen and oxygen atoms in total. The zero-order chi connectivity index (χ0) is 28.3. The smallest absolute Gasteiger partial charge is 0.335 e. The minimum atomic E-state index is -4.98. The first-order valence-electron chi connectivity index (χ1n) is 11.2. The molecule has 4 rings (SSSR count). The Morgan fingerprint density at radius 1 is 1.08 bits per heavy atom. The number of hydroxylamine groups is 1. The van der Waals surface area contributed by atoms with Crippen LogP contribution in [0.15, 0.2) is 42.5 Å². The Morgan fingerprint density at radius 2 is 1.63 bits per heavy atom. The van der Waals surface area contributed by atoms with Gasteiger partial charge in [0, 0.05) is 12.0 Å². The molecular formula is C25H21Cl2F5N2O3S. The lowest BCUT2D eigenvalue weighted by Crippen LogP contribution is -2.61. The Balaban J connectivity index is 1.56. The molecule has 1 N–H and O–H groups in total. The van der Waals surface area contributed by atoms with Gasteiger partial charge in [0.15, 0.2) is 16.6 Å². The Kier molecular flexibility index (Phi) is 7.31. The second-order valence-corrected chi connectivity index (χ2v) is 11.2. The number of alkyl halides is 4. The second kappa shape index (κ2) is 9.69. The Hall–Kier alpha value is -2.34. The third-order valence-corrected chi connectivity index (χ3v) is 7.27. The predicted octanol–water partition coefficient (Wildman–Crippen LogP) is 6.35. The molecule has 0 aliphatic carbocycles. The molecule has 2 aromatic rings. The van der Waals surface area contributed by atoms with E-state index in [0.717, 1.165) is 18.2 Å². The van der Waals surface area contributed by atoms with Crippen molar-refractivity contribution in [2.75, 3.05) is 13.1 Å². The quantitative estimate of drug-likeness (QED) is 0.233. The van der Waals surface area contributed by atoms with Gasteiger partial charge >= 0.3 is 6.18 Å². The van der Waals surface area contributed by atoms with Crippen LogP contribution < -0.4 is 5.48 Å². The number of likely N-dealkylation sites (tertiary alicyclic amines) is 1. The molecule has 1 saturated heterocycles. The fourth-order valence-corrected chi connectivity index (χ4v) is 5.35. The molecule has 1 unspecified atom stereocenters. The van der Waals surface area contributed by atoms with E-state index in [2.05, 4.69) is 18.1 Å². The zero-order valence-corrected chi connectivity index (χ0v) is 22.3. The first kappa shape index (κ1) is 28.7. The molecule has 1 atom stereocenters. The lowest BCUT2D eigenvalue weighted by Gasteiger charge is -2.47. The molecule has 38 heavy (non-hydrogen) atoms. The highest BCUT2D eigenvalue weighted by Gasteiger charge is 2.60. The average Bonchev–Trinajstić information content (AvgIpc) is 3.26. The number of nitrogens with zero attached hydrogens (tertiary/aromatic N) is 1. The number of carbonyl (C=O) groups is 2. The van der Waals surface area contributed by atoms with Crippen molar-refractivity contribution in [3.63, 3.8) is 0 Å². The minimum absolute atomic E-state index is 0.0676. The first-order valence-corrected chi connectivity index (χ1v) is 12.4. The van der Waals surface area contributed by atoms with E-state index in [-0.39, 0.29) is 42.2 Å². The van der Waals surface area contributed by atoms with E-state index >= 15 is 4.39 Å². The highest BCUT2D eigenvalue weighted by atomic mass is 35.5. The summed E-state index contributed by atoms with van der Waals surface area (Å²) < 4.78 is 71.9. The monoisotopic (exact) mass is 594 g/mol. The van der Waals surface area contributed by atoms with Crippen LogP contribution in [0.5, 0.6) is 0 Å². The highest BCUT2D eigenvalue weighted by molar-refractivity contribution is 7.96. The van der Waals surface area contributed by atoms with E-state index in [1.807, 2.05) is 0 Å². The van der Waals surface area contributed by atoms with Crippen LogP contribution >= 0.6 is 35.8 Å². The fraction of sp³-hybridized carbons (Fsp3) is 0.360. The van der Waals surface area contributed by atoms with Gasteiger partial charge in [0.1, 0.15) is 0 Å². The number of nitrogens with one attached hydrogen (secondary N) is 1. The van der Waals surface area contributed by atoms with Crippen molar-refractivity contribution in [1.82, 2.24) is 10.4 Å². The number of hydrogen-bond donors (Lipinski definition) is 2. The number of rotatable bonds is 6. The van der Waals surface area contributed by atoms with Gasteiger partial charge in [-0.3, -0.25) is 19.9 Å². The van der Waals surface area contributed by atoms with E-state index in [0.29, 0.717) is 0 Å². The number of amides is 1. The minimum Gasteiger partial charge on any atom is -0.335 e. The largest absolute Gasteiger partial charge is 0.428 e. The van der Waals surface area contributed by atoms with Gasteiger partial charge in [-0.1, -0.05) is 61.3 Å². The normalized spacial score (nSPS) is 21.0. The molecule has 13 heteroatoms. The summed E-state index contributed by atoms with van der Waals surface area (Å²) >= 11 is 15.1. The van der Waals surface area contributed by atoms with Crippen LogP contribution in [0.3, 0.4) is 0 Å². The van der Waals surface area contributed by atoms with Gasteiger partial charge in [-0.05, 0) is 29.3 Å². The fourth-order valence-electron chi connectivity index (χ4n) is 4.47. The summed E-state index contributed by atoms with van der Waals surface area (Å²) in [6.45, 7) is 2.69. The number of halogens is 7. The zero-order valence-electron chi connectivity index (χ0n) is 19.9. The van der Waals surface area contributed by atoms with E-state index in [4.69, 9.17) is 28.0 Å². The van der Waals surface area contributed by atoms with Gasteiger partial charge in [-0.25, -0.2) is 8.78 Å². The summed E-state index contributed by atoms with van der Waals surface area (Å²) in [7, 11) is 0. The topological polar surface area (TPSA) is 58.6 Å². The maximum Gasteiger partial charge on any atom is 0.428 e. The summed E-state index contributed by atoms with van der Waals surface area (Å²) in [4.78, 5) is 30.3. The number of benzene rings is 2. The van der Waals surface area contributed by atoms with Crippen LogP contribution in [-0.4, -0.2) is 35.2 Å². The molecule has 0 aromatic heterocycles. The summed E-state index contributed by atoms with van der Waals surface area (Å²) in [6.07, 6.45) is -4.32. The van der Waals surface area contributed by atoms with E-state index < -0.39 is 49.4 Å². The maximum absolute atomic E-state index is 15.5. The standard InChI is InChI=1S/C25H21Cl2F5N2O3S/c1-22(2,10-19(35)38)21(36)34-11-23(29,12-34)14-5-3-13(4-6-14)18-9-24(37-33-18,25(30,31)32)15-7-16(26)20(28)17(27)8-15/h3-9,33H,10-12H2,1-2H3,(H,35,38). The van der Waals surface area contributed by atoms with Gasteiger partial charge in [0.2, 0.25) is 11.5 Å². The van der Waals surface area contributed by atoms with Crippen molar-refractivity contribution in [3.8, 4) is 0 Å². The third kappa shape index (κ3) is 5.01. The molecule has 0 radical (unpaired) electrons. The summed E-state index contributed by atoms with van der Waals surface area (Å²) in [5.41, 5.74) is -3.79. The molecule has 1 fully saturated rings. The van der Waals surface area contributed by atoms with Crippen LogP contribution in [-0.2, 0) is 25.7 Å². The molecule has 2 aromatic carbocycles. The number of thiol groups is 1. The molecular weight excluding hydrogens is 574 g/mol. The third-order valence-electron chi connectivity index (χ3n) is 6.56. The van der Waals surface area contributed by atoms with Crippen LogP contribution in [0, 0.1) is 11.2 Å². The summed E-state index contributed by atoms with van der Waals surface area (Å²) in [5.74, 6) is -1.44. The molecule has 0 bridgehead atoms. The van der Waals surface area contributed by atoms with E-state index in [9.17, 15) is 27.2 Å². The number of hydrogen-bond acceptors (Lipinski definition) is 4.